The van der Waals surface area contributed by atoms with Crippen LogP contribution in [-0.2, 0) is 4.79 Å². The predicted molar refractivity (Wildman–Crippen MR) is 68.4 cm³/mol. The molecule has 2 unspecified atom stereocenters. The number of nitrogens with one attached hydrogen (secondary N) is 1. The van der Waals surface area contributed by atoms with Crippen molar-refractivity contribution in [3.05, 3.63) is 29.7 Å². The molecule has 1 heterocycles. The van der Waals surface area contributed by atoms with Gasteiger partial charge in [-0.1, -0.05) is 6.07 Å². The third-order valence-electron chi connectivity index (χ3n) is 2.78. The van der Waals surface area contributed by atoms with E-state index in [0.29, 0.717) is 22.6 Å². The first-order chi connectivity index (χ1) is 8.97. The van der Waals surface area contributed by atoms with Crippen molar-refractivity contribution >= 4 is 17.0 Å². The normalized spacial score (nSPS) is 14.3. The smallest absolute Gasteiger partial charge is 0.216 e. The van der Waals surface area contributed by atoms with Crippen molar-refractivity contribution in [3.8, 4) is 0 Å². The Hall–Kier alpha value is -1.92. The second kappa shape index (κ2) is 5.38. The second-order valence-electron chi connectivity index (χ2n) is 4.41. The molecule has 0 saturated carbocycles. The Morgan fingerprint density at radius 2 is 2.21 bits per heavy atom. The van der Waals surface area contributed by atoms with E-state index in [9.17, 15) is 15.0 Å². The van der Waals surface area contributed by atoms with Crippen LogP contribution in [-0.4, -0.2) is 33.8 Å². The van der Waals surface area contributed by atoms with Gasteiger partial charge in [-0.25, -0.2) is 4.98 Å². The van der Waals surface area contributed by atoms with Gasteiger partial charge >= 0.3 is 0 Å². The monoisotopic (exact) mass is 264 g/mol. The lowest BCUT2D eigenvalue weighted by Crippen LogP contribution is -2.34. The van der Waals surface area contributed by atoms with E-state index in [1.54, 1.807) is 25.1 Å². The van der Waals surface area contributed by atoms with Crippen molar-refractivity contribution in [2.45, 2.75) is 26.1 Å². The molecule has 0 aliphatic carbocycles. The average Bonchev–Trinajstić information content (AvgIpc) is 2.73. The lowest BCUT2D eigenvalue weighted by Gasteiger charge is -2.18. The van der Waals surface area contributed by atoms with Crippen molar-refractivity contribution in [2.75, 3.05) is 6.54 Å². The highest BCUT2D eigenvalue weighted by molar-refractivity contribution is 5.74. The Bertz CT molecular complexity index is 593. The lowest BCUT2D eigenvalue weighted by atomic mass is 10.0. The Kier molecular flexibility index (Phi) is 3.82. The summed E-state index contributed by atoms with van der Waals surface area (Å²) in [7, 11) is 0. The summed E-state index contributed by atoms with van der Waals surface area (Å²) < 4.78 is 5.33. The standard InChI is InChI=1S/C13H16N2O4/c1-7(16)14-6-11(17)13(18)9-3-4-12-10(5-9)15-8(2)19-12/h3-5,11,13,17-18H,6H2,1-2H3,(H,14,16). The number of carbonyl (C=O) groups excluding carboxylic acids is 1. The minimum atomic E-state index is -1.09. The van der Waals surface area contributed by atoms with Gasteiger partial charge < -0.3 is 19.9 Å². The predicted octanol–water partition coefficient (Wildman–Crippen LogP) is 0.667. The third kappa shape index (κ3) is 3.10. The van der Waals surface area contributed by atoms with Crippen molar-refractivity contribution < 1.29 is 19.4 Å². The highest BCUT2D eigenvalue weighted by atomic mass is 16.3. The number of oxazole rings is 1. The SMILES string of the molecule is CC(=O)NCC(O)C(O)c1ccc2oc(C)nc2c1. The second-order valence-corrected chi connectivity index (χ2v) is 4.41. The van der Waals surface area contributed by atoms with Gasteiger partial charge in [0.25, 0.3) is 0 Å². The molecule has 102 valence electrons. The molecule has 0 aliphatic heterocycles. The van der Waals surface area contributed by atoms with Crippen molar-refractivity contribution in [2.24, 2.45) is 0 Å². The summed E-state index contributed by atoms with van der Waals surface area (Å²) in [5, 5.41) is 22.3. The summed E-state index contributed by atoms with van der Waals surface area (Å²) in [6.45, 7) is 3.08. The summed E-state index contributed by atoms with van der Waals surface area (Å²) in [6.07, 6.45) is -2.16. The van der Waals surface area contributed by atoms with Gasteiger partial charge in [0.05, 0.1) is 0 Å². The van der Waals surface area contributed by atoms with Gasteiger partial charge in [0.1, 0.15) is 17.7 Å². The number of carbonyl (C=O) groups is 1. The molecule has 2 aromatic rings. The van der Waals surface area contributed by atoms with Crippen LogP contribution < -0.4 is 5.32 Å². The molecule has 6 nitrogen and oxygen atoms in total. The Labute approximate surface area is 110 Å². The van der Waals surface area contributed by atoms with Gasteiger partial charge in [-0.05, 0) is 17.7 Å². The van der Waals surface area contributed by atoms with Gasteiger partial charge in [0.15, 0.2) is 11.5 Å². The Balaban J connectivity index is 2.15. The first kappa shape index (κ1) is 13.5. The first-order valence-corrected chi connectivity index (χ1v) is 5.95. The quantitative estimate of drug-likeness (QED) is 0.754. The van der Waals surface area contributed by atoms with E-state index in [1.807, 2.05) is 0 Å². The zero-order valence-electron chi connectivity index (χ0n) is 10.8. The van der Waals surface area contributed by atoms with Crippen LogP contribution in [0.3, 0.4) is 0 Å². The molecule has 0 radical (unpaired) electrons. The molecular weight excluding hydrogens is 248 g/mol. The molecule has 6 heteroatoms. The van der Waals surface area contributed by atoms with Crippen molar-refractivity contribution in [1.82, 2.24) is 10.3 Å². The number of fused-ring (bicyclic) bond motifs is 1. The number of aliphatic hydroxyl groups is 2. The topological polar surface area (TPSA) is 95.6 Å². The number of rotatable bonds is 4. The van der Waals surface area contributed by atoms with Crippen LogP contribution in [0.1, 0.15) is 24.5 Å². The number of nitrogens with zero attached hydrogens (tertiary/aromatic N) is 1. The summed E-state index contributed by atoms with van der Waals surface area (Å²) in [4.78, 5) is 14.9. The molecule has 0 fully saturated rings. The highest BCUT2D eigenvalue weighted by Gasteiger charge is 2.19. The van der Waals surface area contributed by atoms with Gasteiger partial charge in [-0.2, -0.15) is 0 Å². The third-order valence-corrected chi connectivity index (χ3v) is 2.78. The number of benzene rings is 1. The fourth-order valence-electron chi connectivity index (χ4n) is 1.83. The van der Waals surface area contributed by atoms with Crippen molar-refractivity contribution in [1.29, 1.82) is 0 Å². The van der Waals surface area contributed by atoms with Crippen LogP contribution in [0.4, 0.5) is 0 Å². The maximum atomic E-state index is 10.8. The number of aliphatic hydroxyl groups excluding tert-OH is 2. The maximum absolute atomic E-state index is 10.8. The van der Waals surface area contributed by atoms with Crippen LogP contribution >= 0.6 is 0 Å². The average molecular weight is 264 g/mol. The summed E-state index contributed by atoms with van der Waals surface area (Å²) in [5.74, 6) is 0.286. The molecule has 2 atom stereocenters. The molecular formula is C13H16N2O4. The van der Waals surface area contributed by atoms with Crippen LogP contribution in [0.5, 0.6) is 0 Å². The molecule has 0 spiro atoms. The summed E-state index contributed by atoms with van der Waals surface area (Å²) in [5.41, 5.74) is 1.78. The van der Waals surface area contributed by atoms with E-state index in [4.69, 9.17) is 4.42 Å². The number of hydrogen-bond donors (Lipinski definition) is 3. The van der Waals surface area contributed by atoms with E-state index in [-0.39, 0.29) is 12.5 Å². The van der Waals surface area contributed by atoms with Crippen LogP contribution in [0.2, 0.25) is 0 Å². The number of aromatic nitrogens is 1. The summed E-state index contributed by atoms with van der Waals surface area (Å²) in [6, 6.07) is 5.01. The van der Waals surface area contributed by atoms with Gasteiger partial charge in [-0.15, -0.1) is 0 Å². The van der Waals surface area contributed by atoms with Crippen LogP contribution in [0, 0.1) is 6.92 Å². The van der Waals surface area contributed by atoms with Crippen LogP contribution in [0.15, 0.2) is 22.6 Å². The number of aryl methyl sites for hydroxylation is 1. The minimum Gasteiger partial charge on any atom is -0.441 e. The fraction of sp³-hybridized carbons (Fsp3) is 0.385. The molecule has 3 N–H and O–H groups in total. The van der Waals surface area contributed by atoms with E-state index < -0.39 is 12.2 Å². The first-order valence-electron chi connectivity index (χ1n) is 5.95. The van der Waals surface area contributed by atoms with Gasteiger partial charge in [0, 0.05) is 20.4 Å². The molecule has 0 saturated heterocycles. The van der Waals surface area contributed by atoms with Crippen LogP contribution in [0.25, 0.3) is 11.1 Å². The van der Waals surface area contributed by atoms with E-state index >= 15 is 0 Å². The molecule has 1 aromatic heterocycles. The van der Waals surface area contributed by atoms with E-state index in [2.05, 4.69) is 10.3 Å². The minimum absolute atomic E-state index is 0.00756. The Morgan fingerprint density at radius 3 is 2.89 bits per heavy atom. The molecule has 1 amide bonds. The number of hydrogen-bond acceptors (Lipinski definition) is 5. The van der Waals surface area contributed by atoms with Crippen molar-refractivity contribution in [3.63, 3.8) is 0 Å². The van der Waals surface area contributed by atoms with E-state index in [1.165, 1.54) is 6.92 Å². The Morgan fingerprint density at radius 1 is 1.47 bits per heavy atom. The van der Waals surface area contributed by atoms with Gasteiger partial charge in [-0.3, -0.25) is 4.79 Å². The van der Waals surface area contributed by atoms with E-state index in [0.717, 1.165) is 0 Å². The summed E-state index contributed by atoms with van der Waals surface area (Å²) >= 11 is 0. The lowest BCUT2D eigenvalue weighted by molar-refractivity contribution is -0.119. The molecule has 0 aliphatic rings. The van der Waals surface area contributed by atoms with Gasteiger partial charge in [0.2, 0.25) is 5.91 Å². The molecule has 2 rings (SSSR count). The largest absolute Gasteiger partial charge is 0.441 e. The zero-order chi connectivity index (χ0) is 14.0. The maximum Gasteiger partial charge on any atom is 0.216 e. The zero-order valence-corrected chi connectivity index (χ0v) is 10.8. The molecule has 1 aromatic carbocycles. The molecule has 0 bridgehead atoms. The molecule has 19 heavy (non-hydrogen) atoms. The fourth-order valence-corrected chi connectivity index (χ4v) is 1.83. The highest BCUT2D eigenvalue weighted by Crippen LogP contribution is 2.22. The number of amides is 1.